The van der Waals surface area contributed by atoms with E-state index in [9.17, 15) is 0 Å². The van der Waals surface area contributed by atoms with Crippen molar-refractivity contribution in [2.24, 2.45) is 4.99 Å². The Kier molecular flexibility index (Phi) is 7.40. The van der Waals surface area contributed by atoms with Gasteiger partial charge in [-0.15, -0.1) is 0 Å². The van der Waals surface area contributed by atoms with E-state index in [4.69, 9.17) is 4.42 Å². The number of aliphatic imine (C=N–C) groups is 1. The smallest absolute Gasteiger partial charge is 0.214 e. The third kappa shape index (κ3) is 6.00. The van der Waals surface area contributed by atoms with Crippen molar-refractivity contribution in [1.82, 2.24) is 15.6 Å². The van der Waals surface area contributed by atoms with Gasteiger partial charge in [-0.05, 0) is 38.7 Å². The molecule has 108 valence electrons. The quantitative estimate of drug-likeness (QED) is 0.456. The minimum Gasteiger partial charge on any atom is -0.444 e. The highest BCUT2D eigenvalue weighted by Gasteiger charge is 2.05. The first-order chi connectivity index (χ1) is 9.17. The van der Waals surface area contributed by atoms with Crippen molar-refractivity contribution in [2.75, 3.05) is 25.6 Å². The van der Waals surface area contributed by atoms with Gasteiger partial charge in [0, 0.05) is 13.6 Å². The van der Waals surface area contributed by atoms with Gasteiger partial charge < -0.3 is 15.1 Å². The van der Waals surface area contributed by atoms with Gasteiger partial charge in [0.25, 0.3) is 0 Å². The highest BCUT2D eigenvalue weighted by Crippen LogP contribution is 2.07. The summed E-state index contributed by atoms with van der Waals surface area (Å²) in [5.74, 6) is 3.57. The van der Waals surface area contributed by atoms with Crippen molar-refractivity contribution in [3.63, 3.8) is 0 Å². The number of aryl methyl sites for hydroxylation is 2. The zero-order valence-corrected chi connectivity index (χ0v) is 13.1. The van der Waals surface area contributed by atoms with Crippen molar-refractivity contribution >= 4 is 17.7 Å². The molecule has 0 spiro atoms. The van der Waals surface area contributed by atoms with E-state index < -0.39 is 0 Å². The Balaban J connectivity index is 2.25. The lowest BCUT2D eigenvalue weighted by Gasteiger charge is -2.10. The highest BCUT2D eigenvalue weighted by atomic mass is 32.2. The van der Waals surface area contributed by atoms with Crippen molar-refractivity contribution in [1.29, 1.82) is 0 Å². The highest BCUT2D eigenvalue weighted by molar-refractivity contribution is 7.98. The van der Waals surface area contributed by atoms with E-state index in [0.717, 1.165) is 30.4 Å². The fraction of sp³-hybridized carbons (Fsp3) is 0.692. The lowest BCUT2D eigenvalue weighted by molar-refractivity contribution is 0.463. The summed E-state index contributed by atoms with van der Waals surface area (Å²) < 4.78 is 5.51. The molecule has 6 heteroatoms. The van der Waals surface area contributed by atoms with Crippen LogP contribution in [0.25, 0.3) is 0 Å². The Morgan fingerprint density at radius 3 is 2.68 bits per heavy atom. The van der Waals surface area contributed by atoms with Gasteiger partial charge in [0.05, 0.1) is 12.2 Å². The number of hydrogen-bond donors (Lipinski definition) is 2. The molecule has 0 saturated carbocycles. The minimum atomic E-state index is 0.555. The number of thioether (sulfide) groups is 1. The molecule has 0 saturated heterocycles. The van der Waals surface area contributed by atoms with Crippen LogP contribution in [0.2, 0.25) is 0 Å². The Labute approximate surface area is 119 Å². The molecule has 5 nitrogen and oxygen atoms in total. The average molecular weight is 284 g/mol. The van der Waals surface area contributed by atoms with Crippen molar-refractivity contribution in [3.8, 4) is 0 Å². The second kappa shape index (κ2) is 8.85. The molecular weight excluding hydrogens is 260 g/mol. The SMILES string of the molecule is CN=C(NCCCCSC)NCc1nc(C)c(C)o1. The van der Waals surface area contributed by atoms with E-state index in [2.05, 4.69) is 26.9 Å². The second-order valence-corrected chi connectivity index (χ2v) is 5.29. The van der Waals surface area contributed by atoms with Gasteiger partial charge in [-0.25, -0.2) is 4.98 Å². The summed E-state index contributed by atoms with van der Waals surface area (Å²) in [5, 5.41) is 6.47. The third-order valence-corrected chi connectivity index (χ3v) is 3.47. The van der Waals surface area contributed by atoms with Crippen LogP contribution in [0, 0.1) is 13.8 Å². The number of aromatic nitrogens is 1. The molecular formula is C13H24N4OS. The van der Waals surface area contributed by atoms with Crippen molar-refractivity contribution in [2.45, 2.75) is 33.2 Å². The Morgan fingerprint density at radius 1 is 1.32 bits per heavy atom. The molecule has 0 aliphatic carbocycles. The molecule has 1 aromatic rings. The van der Waals surface area contributed by atoms with Crippen LogP contribution in [0.5, 0.6) is 0 Å². The van der Waals surface area contributed by atoms with Crippen molar-refractivity contribution < 1.29 is 4.42 Å². The second-order valence-electron chi connectivity index (χ2n) is 4.30. The summed E-state index contributed by atoms with van der Waals surface area (Å²) >= 11 is 1.88. The first kappa shape index (κ1) is 15.9. The number of nitrogens with one attached hydrogen (secondary N) is 2. The maximum absolute atomic E-state index is 5.51. The minimum absolute atomic E-state index is 0.555. The number of oxazole rings is 1. The van der Waals surface area contributed by atoms with Crippen LogP contribution < -0.4 is 10.6 Å². The summed E-state index contributed by atoms with van der Waals surface area (Å²) in [4.78, 5) is 8.49. The number of rotatable bonds is 7. The van der Waals surface area contributed by atoms with Gasteiger partial charge in [-0.1, -0.05) is 0 Å². The Bertz CT molecular complexity index is 384. The Hall–Kier alpha value is -1.17. The van der Waals surface area contributed by atoms with E-state index in [0.29, 0.717) is 12.4 Å². The molecule has 0 aliphatic rings. The van der Waals surface area contributed by atoms with Gasteiger partial charge in [-0.3, -0.25) is 4.99 Å². The lowest BCUT2D eigenvalue weighted by atomic mass is 10.3. The van der Waals surface area contributed by atoms with Gasteiger partial charge >= 0.3 is 0 Å². The molecule has 0 fully saturated rings. The molecule has 0 radical (unpaired) electrons. The van der Waals surface area contributed by atoms with Crippen LogP contribution in [0.4, 0.5) is 0 Å². The van der Waals surface area contributed by atoms with E-state index >= 15 is 0 Å². The van der Waals surface area contributed by atoms with Gasteiger partial charge in [0.15, 0.2) is 5.96 Å². The maximum Gasteiger partial charge on any atom is 0.214 e. The molecule has 0 aliphatic heterocycles. The Morgan fingerprint density at radius 2 is 2.11 bits per heavy atom. The van der Waals surface area contributed by atoms with Crippen LogP contribution in [0.1, 0.15) is 30.2 Å². The summed E-state index contributed by atoms with van der Waals surface area (Å²) in [6, 6.07) is 0. The lowest BCUT2D eigenvalue weighted by Crippen LogP contribution is -2.37. The molecule has 1 rings (SSSR count). The summed E-state index contributed by atoms with van der Waals surface area (Å²) in [6.45, 7) is 5.36. The van der Waals surface area contributed by atoms with Crippen LogP contribution in [0.15, 0.2) is 9.41 Å². The number of hydrogen-bond acceptors (Lipinski definition) is 4. The molecule has 19 heavy (non-hydrogen) atoms. The predicted molar refractivity (Wildman–Crippen MR) is 81.8 cm³/mol. The van der Waals surface area contributed by atoms with Crippen LogP contribution >= 0.6 is 11.8 Å². The molecule has 0 aromatic carbocycles. The molecule has 0 unspecified atom stereocenters. The molecule has 0 amide bonds. The molecule has 0 bridgehead atoms. The number of unbranched alkanes of at least 4 members (excludes halogenated alkanes) is 1. The van der Waals surface area contributed by atoms with E-state index in [1.807, 2.05) is 25.6 Å². The summed E-state index contributed by atoms with van der Waals surface area (Å²) in [7, 11) is 1.77. The first-order valence-corrected chi connectivity index (χ1v) is 7.93. The molecule has 1 aromatic heterocycles. The average Bonchev–Trinajstić information content (AvgIpc) is 2.72. The zero-order chi connectivity index (χ0) is 14.1. The van der Waals surface area contributed by atoms with E-state index in [1.165, 1.54) is 12.2 Å². The molecule has 2 N–H and O–H groups in total. The van der Waals surface area contributed by atoms with Crippen LogP contribution in [0.3, 0.4) is 0 Å². The normalized spacial score (nSPS) is 11.7. The standard InChI is InChI=1S/C13H24N4OS/c1-10-11(2)18-12(17-10)9-16-13(14-3)15-7-5-6-8-19-4/h5-9H2,1-4H3,(H2,14,15,16). The van der Waals surface area contributed by atoms with Gasteiger partial charge in [-0.2, -0.15) is 11.8 Å². The summed E-state index contributed by atoms with van der Waals surface area (Å²) in [6.07, 6.45) is 4.51. The fourth-order valence-electron chi connectivity index (χ4n) is 1.57. The van der Waals surface area contributed by atoms with E-state index in [-0.39, 0.29) is 0 Å². The van der Waals surface area contributed by atoms with Crippen LogP contribution in [-0.2, 0) is 6.54 Å². The van der Waals surface area contributed by atoms with Gasteiger partial charge in [0.1, 0.15) is 5.76 Å². The molecule has 1 heterocycles. The van der Waals surface area contributed by atoms with Crippen LogP contribution in [-0.4, -0.2) is 36.5 Å². The maximum atomic E-state index is 5.51. The van der Waals surface area contributed by atoms with Gasteiger partial charge in [0.2, 0.25) is 5.89 Å². The van der Waals surface area contributed by atoms with Crippen molar-refractivity contribution in [3.05, 3.63) is 17.3 Å². The zero-order valence-electron chi connectivity index (χ0n) is 12.2. The number of guanidine groups is 1. The van der Waals surface area contributed by atoms with E-state index in [1.54, 1.807) is 7.05 Å². The monoisotopic (exact) mass is 284 g/mol. The first-order valence-electron chi connectivity index (χ1n) is 6.53. The predicted octanol–water partition coefficient (Wildman–Crippen LogP) is 2.10. The topological polar surface area (TPSA) is 62.5 Å². The summed E-state index contributed by atoms with van der Waals surface area (Å²) in [5.41, 5.74) is 0.941. The number of nitrogens with zero attached hydrogens (tertiary/aromatic N) is 2. The third-order valence-electron chi connectivity index (χ3n) is 2.77. The largest absolute Gasteiger partial charge is 0.444 e. The fourth-order valence-corrected chi connectivity index (χ4v) is 2.07. The molecule has 0 atom stereocenters.